The summed E-state index contributed by atoms with van der Waals surface area (Å²) in [5.74, 6) is 0.779. The monoisotopic (exact) mass is 267 g/mol. The van der Waals surface area contributed by atoms with Crippen molar-refractivity contribution < 1.29 is 0 Å². The summed E-state index contributed by atoms with van der Waals surface area (Å²) in [4.78, 5) is 12.9. The van der Waals surface area contributed by atoms with Crippen LogP contribution in [0.25, 0.3) is 0 Å². The topological polar surface area (TPSA) is 75.2 Å². The summed E-state index contributed by atoms with van der Waals surface area (Å²) < 4.78 is 0. The van der Waals surface area contributed by atoms with Gasteiger partial charge in [0, 0.05) is 52.4 Å². The molecule has 0 aromatic carbocycles. The van der Waals surface area contributed by atoms with Gasteiger partial charge in [-0.25, -0.2) is 0 Å². The highest BCUT2D eigenvalue weighted by Gasteiger charge is 2.19. The molecule has 7 nitrogen and oxygen atoms in total. The van der Waals surface area contributed by atoms with Gasteiger partial charge in [0.15, 0.2) is 5.96 Å². The van der Waals surface area contributed by atoms with Gasteiger partial charge in [0.1, 0.15) is 0 Å². The molecule has 0 bridgehead atoms. The zero-order valence-corrected chi connectivity index (χ0v) is 12.0. The molecule has 2 fully saturated rings. The first kappa shape index (κ1) is 14.1. The van der Waals surface area contributed by atoms with Gasteiger partial charge in [-0.05, 0) is 14.1 Å². The van der Waals surface area contributed by atoms with Gasteiger partial charge in [-0.15, -0.1) is 0 Å². The van der Waals surface area contributed by atoms with Crippen molar-refractivity contribution in [3.8, 4) is 0 Å². The van der Waals surface area contributed by atoms with Crippen LogP contribution in [0.5, 0.6) is 0 Å². The maximum absolute atomic E-state index is 8.04. The number of rotatable bonds is 0. The van der Waals surface area contributed by atoms with Gasteiger partial charge in [0.2, 0.25) is 5.96 Å². The summed E-state index contributed by atoms with van der Waals surface area (Å²) in [5.41, 5.74) is 6.01. The Balaban J connectivity index is 1.87. The van der Waals surface area contributed by atoms with Gasteiger partial charge in [-0.1, -0.05) is 0 Å². The van der Waals surface area contributed by atoms with E-state index in [0.717, 1.165) is 52.4 Å². The van der Waals surface area contributed by atoms with E-state index in [1.165, 1.54) is 0 Å². The van der Waals surface area contributed by atoms with Gasteiger partial charge < -0.3 is 25.3 Å². The standard InChI is InChI=1S/C12H25N7/c1-16-3-7-18(8-4-16)11(13)15-12(14)19-9-5-17(2)6-10-19/h3-10H2,1-2H3,(H3,13,14,15). The van der Waals surface area contributed by atoms with Crippen molar-refractivity contribution in [1.29, 1.82) is 5.41 Å². The molecule has 0 radical (unpaired) electrons. The maximum Gasteiger partial charge on any atom is 0.221 e. The number of guanidine groups is 2. The smallest absolute Gasteiger partial charge is 0.221 e. The Bertz CT molecular complexity index is 338. The number of hydrogen-bond donors (Lipinski definition) is 2. The highest BCUT2D eigenvalue weighted by molar-refractivity contribution is 5.92. The Hall–Kier alpha value is -1.34. The van der Waals surface area contributed by atoms with E-state index >= 15 is 0 Å². The van der Waals surface area contributed by atoms with Crippen LogP contribution in [0, 0.1) is 5.41 Å². The molecular weight excluding hydrogens is 242 g/mol. The van der Waals surface area contributed by atoms with Crippen LogP contribution in [-0.4, -0.2) is 98.0 Å². The molecule has 2 saturated heterocycles. The second-order valence-corrected chi connectivity index (χ2v) is 5.37. The third-order valence-electron chi connectivity index (χ3n) is 3.85. The average molecular weight is 267 g/mol. The molecule has 0 amide bonds. The molecule has 0 spiro atoms. The zero-order valence-electron chi connectivity index (χ0n) is 12.0. The van der Waals surface area contributed by atoms with Crippen molar-refractivity contribution in [3.05, 3.63) is 0 Å². The Kier molecular flexibility index (Phi) is 4.60. The molecule has 2 heterocycles. The Labute approximate surface area is 115 Å². The summed E-state index contributed by atoms with van der Waals surface area (Å²) in [6, 6.07) is 0. The quantitative estimate of drug-likeness (QED) is 0.423. The molecule has 0 saturated carbocycles. The number of nitrogens with one attached hydrogen (secondary N) is 1. The van der Waals surface area contributed by atoms with Crippen molar-refractivity contribution in [2.24, 2.45) is 10.7 Å². The second kappa shape index (κ2) is 6.21. The molecule has 19 heavy (non-hydrogen) atoms. The fraction of sp³-hybridized carbons (Fsp3) is 0.833. The van der Waals surface area contributed by atoms with Crippen LogP contribution < -0.4 is 5.73 Å². The van der Waals surface area contributed by atoms with Gasteiger partial charge in [0.05, 0.1) is 0 Å². The molecule has 2 aliphatic rings. The fourth-order valence-electron chi connectivity index (χ4n) is 2.30. The summed E-state index contributed by atoms with van der Waals surface area (Å²) >= 11 is 0. The molecular formula is C12H25N7. The first-order valence-electron chi connectivity index (χ1n) is 6.86. The Morgan fingerprint density at radius 2 is 1.26 bits per heavy atom. The summed E-state index contributed by atoms with van der Waals surface area (Å²) in [6.45, 7) is 7.45. The Morgan fingerprint density at radius 3 is 1.74 bits per heavy atom. The van der Waals surface area contributed by atoms with Crippen LogP contribution in [-0.2, 0) is 0 Å². The number of likely N-dealkylation sites (N-methyl/N-ethyl adjacent to an activating group) is 2. The SMILES string of the molecule is CN1CCN(C(=N)/N=C(\N)N2CCN(C)CC2)CC1. The van der Waals surface area contributed by atoms with E-state index in [4.69, 9.17) is 11.1 Å². The van der Waals surface area contributed by atoms with E-state index in [1.54, 1.807) is 0 Å². The molecule has 0 aliphatic carbocycles. The van der Waals surface area contributed by atoms with Crippen molar-refractivity contribution in [3.63, 3.8) is 0 Å². The van der Waals surface area contributed by atoms with E-state index < -0.39 is 0 Å². The molecule has 108 valence electrons. The lowest BCUT2D eigenvalue weighted by molar-refractivity contribution is 0.210. The molecule has 2 rings (SSSR count). The van der Waals surface area contributed by atoms with Crippen LogP contribution in [0.3, 0.4) is 0 Å². The minimum Gasteiger partial charge on any atom is -0.369 e. The molecule has 7 heteroatoms. The lowest BCUT2D eigenvalue weighted by Crippen LogP contribution is -2.51. The minimum absolute atomic E-state index is 0.296. The van der Waals surface area contributed by atoms with Gasteiger partial charge in [-0.2, -0.15) is 4.99 Å². The zero-order chi connectivity index (χ0) is 13.8. The molecule has 0 aromatic rings. The third-order valence-corrected chi connectivity index (χ3v) is 3.85. The van der Waals surface area contributed by atoms with E-state index in [-0.39, 0.29) is 0 Å². The highest BCUT2D eigenvalue weighted by atomic mass is 15.4. The van der Waals surface area contributed by atoms with Crippen LogP contribution in [0.2, 0.25) is 0 Å². The predicted molar refractivity (Wildman–Crippen MR) is 77.5 cm³/mol. The van der Waals surface area contributed by atoms with E-state index in [0.29, 0.717) is 11.9 Å². The highest BCUT2D eigenvalue weighted by Crippen LogP contribution is 2.03. The largest absolute Gasteiger partial charge is 0.369 e. The van der Waals surface area contributed by atoms with Crippen LogP contribution in [0.15, 0.2) is 4.99 Å². The second-order valence-electron chi connectivity index (χ2n) is 5.37. The van der Waals surface area contributed by atoms with Crippen LogP contribution >= 0.6 is 0 Å². The Morgan fingerprint density at radius 1 is 0.842 bits per heavy atom. The van der Waals surface area contributed by atoms with Crippen LogP contribution in [0.1, 0.15) is 0 Å². The van der Waals surface area contributed by atoms with E-state index in [2.05, 4.69) is 33.8 Å². The summed E-state index contributed by atoms with van der Waals surface area (Å²) in [7, 11) is 4.21. The normalized spacial score (nSPS) is 23.8. The number of nitrogens with zero attached hydrogens (tertiary/aromatic N) is 5. The maximum atomic E-state index is 8.04. The van der Waals surface area contributed by atoms with Crippen molar-refractivity contribution >= 4 is 11.9 Å². The van der Waals surface area contributed by atoms with Gasteiger partial charge >= 0.3 is 0 Å². The summed E-state index contributed by atoms with van der Waals surface area (Å²) in [6.07, 6.45) is 0. The van der Waals surface area contributed by atoms with E-state index in [9.17, 15) is 0 Å². The average Bonchev–Trinajstić information content (AvgIpc) is 2.40. The molecule has 0 aromatic heterocycles. The predicted octanol–water partition coefficient (Wildman–Crippen LogP) is -1.27. The molecule has 3 N–H and O–H groups in total. The first-order valence-corrected chi connectivity index (χ1v) is 6.86. The van der Waals surface area contributed by atoms with Gasteiger partial charge in [0.25, 0.3) is 0 Å². The van der Waals surface area contributed by atoms with Crippen molar-refractivity contribution in [2.75, 3.05) is 66.5 Å². The lowest BCUT2D eigenvalue weighted by atomic mass is 10.3. The first-order chi connectivity index (χ1) is 9.06. The van der Waals surface area contributed by atoms with Gasteiger partial charge in [-0.3, -0.25) is 5.41 Å². The number of piperazine rings is 2. The minimum atomic E-state index is 0.296. The fourth-order valence-corrected chi connectivity index (χ4v) is 2.30. The molecule has 0 unspecified atom stereocenters. The number of hydrogen-bond acceptors (Lipinski definition) is 3. The van der Waals surface area contributed by atoms with Crippen molar-refractivity contribution in [2.45, 2.75) is 0 Å². The van der Waals surface area contributed by atoms with E-state index in [1.807, 2.05) is 4.90 Å². The molecule has 2 aliphatic heterocycles. The lowest BCUT2D eigenvalue weighted by Gasteiger charge is -2.34. The summed E-state index contributed by atoms with van der Waals surface area (Å²) in [5, 5.41) is 8.04. The molecule has 0 atom stereocenters. The van der Waals surface area contributed by atoms with Crippen LogP contribution in [0.4, 0.5) is 0 Å². The number of aliphatic imine (C=N–C) groups is 1. The van der Waals surface area contributed by atoms with Crippen molar-refractivity contribution in [1.82, 2.24) is 19.6 Å². The third kappa shape index (κ3) is 3.81. The number of nitrogens with two attached hydrogens (primary N) is 1.